The molecule has 14 heavy (non-hydrogen) atoms. The van der Waals surface area contributed by atoms with Gasteiger partial charge in [-0.1, -0.05) is 17.7 Å². The van der Waals surface area contributed by atoms with Crippen LogP contribution in [-0.4, -0.2) is 5.60 Å². The Morgan fingerprint density at radius 1 is 1.21 bits per heavy atom. The van der Waals surface area contributed by atoms with Gasteiger partial charge >= 0.3 is 0 Å². The molecule has 0 aromatic heterocycles. The number of hydrogen-bond acceptors (Lipinski definition) is 1. The highest BCUT2D eigenvalue weighted by Crippen LogP contribution is 2.17. The standard InChI is InChI=1S/C12H17ClO/c1-9-5-10(7-11(13)6-9)8-14-12(2,3)4/h5-7H,8H2,1-4H3. The molecule has 0 radical (unpaired) electrons. The summed E-state index contributed by atoms with van der Waals surface area (Å²) in [6, 6.07) is 5.99. The van der Waals surface area contributed by atoms with E-state index in [4.69, 9.17) is 16.3 Å². The van der Waals surface area contributed by atoms with E-state index in [-0.39, 0.29) is 5.60 Å². The van der Waals surface area contributed by atoms with Crippen LogP contribution in [-0.2, 0) is 11.3 Å². The Labute approximate surface area is 91.0 Å². The van der Waals surface area contributed by atoms with Crippen LogP contribution in [0.4, 0.5) is 0 Å². The topological polar surface area (TPSA) is 9.23 Å². The fraction of sp³-hybridized carbons (Fsp3) is 0.500. The Hall–Kier alpha value is -0.530. The lowest BCUT2D eigenvalue weighted by molar-refractivity contribution is -0.0149. The van der Waals surface area contributed by atoms with Gasteiger partial charge in [-0.15, -0.1) is 0 Å². The predicted molar refractivity (Wildman–Crippen MR) is 60.7 cm³/mol. The van der Waals surface area contributed by atoms with Crippen LogP contribution >= 0.6 is 11.6 Å². The molecule has 0 atom stereocenters. The third-order valence-corrected chi connectivity index (χ3v) is 1.99. The highest BCUT2D eigenvalue weighted by Gasteiger charge is 2.10. The molecule has 0 saturated carbocycles. The molecule has 1 nitrogen and oxygen atoms in total. The number of hydrogen-bond donors (Lipinski definition) is 0. The van der Waals surface area contributed by atoms with Crippen LogP contribution in [0.2, 0.25) is 5.02 Å². The van der Waals surface area contributed by atoms with Crippen LogP contribution in [0.5, 0.6) is 0 Å². The maximum absolute atomic E-state index is 5.94. The fourth-order valence-corrected chi connectivity index (χ4v) is 1.51. The van der Waals surface area contributed by atoms with Gasteiger partial charge in [-0.25, -0.2) is 0 Å². The molecule has 0 amide bonds. The molecule has 78 valence electrons. The van der Waals surface area contributed by atoms with E-state index in [2.05, 4.69) is 6.07 Å². The Morgan fingerprint density at radius 2 is 1.86 bits per heavy atom. The number of aryl methyl sites for hydroxylation is 1. The smallest absolute Gasteiger partial charge is 0.0724 e. The normalized spacial score (nSPS) is 11.8. The molecule has 1 aromatic carbocycles. The van der Waals surface area contributed by atoms with Crippen molar-refractivity contribution >= 4 is 11.6 Å². The average Bonchev–Trinajstić information content (AvgIpc) is 1.97. The molecule has 0 unspecified atom stereocenters. The molecule has 0 bridgehead atoms. The number of halogens is 1. The number of benzene rings is 1. The number of ether oxygens (including phenoxy) is 1. The summed E-state index contributed by atoms with van der Waals surface area (Å²) in [6.07, 6.45) is 0. The van der Waals surface area contributed by atoms with Crippen molar-refractivity contribution in [1.29, 1.82) is 0 Å². The Balaban J connectivity index is 2.68. The minimum atomic E-state index is -0.101. The van der Waals surface area contributed by atoms with Crippen LogP contribution in [0.3, 0.4) is 0 Å². The monoisotopic (exact) mass is 212 g/mol. The second-order valence-corrected chi connectivity index (χ2v) is 4.97. The summed E-state index contributed by atoms with van der Waals surface area (Å²) >= 11 is 5.94. The third-order valence-electron chi connectivity index (χ3n) is 1.77. The van der Waals surface area contributed by atoms with Gasteiger partial charge in [0.05, 0.1) is 12.2 Å². The maximum atomic E-state index is 5.94. The Bertz CT molecular complexity index is 292. The van der Waals surface area contributed by atoms with Crippen LogP contribution in [0, 0.1) is 6.92 Å². The van der Waals surface area contributed by atoms with E-state index in [1.54, 1.807) is 0 Å². The SMILES string of the molecule is Cc1cc(Cl)cc(COC(C)(C)C)c1. The van der Waals surface area contributed by atoms with Gasteiger partial charge < -0.3 is 4.74 Å². The maximum Gasteiger partial charge on any atom is 0.0724 e. The number of rotatable bonds is 2. The van der Waals surface area contributed by atoms with E-state index in [9.17, 15) is 0 Å². The summed E-state index contributed by atoms with van der Waals surface area (Å²) in [5.74, 6) is 0. The summed E-state index contributed by atoms with van der Waals surface area (Å²) in [4.78, 5) is 0. The van der Waals surface area contributed by atoms with Crippen molar-refractivity contribution in [2.75, 3.05) is 0 Å². The van der Waals surface area contributed by atoms with Crippen molar-refractivity contribution < 1.29 is 4.74 Å². The van der Waals surface area contributed by atoms with Crippen molar-refractivity contribution in [2.45, 2.75) is 39.9 Å². The zero-order chi connectivity index (χ0) is 10.8. The second kappa shape index (κ2) is 4.33. The van der Waals surface area contributed by atoms with Gasteiger partial charge in [0.1, 0.15) is 0 Å². The first-order valence-electron chi connectivity index (χ1n) is 4.77. The van der Waals surface area contributed by atoms with Crippen LogP contribution < -0.4 is 0 Å². The second-order valence-electron chi connectivity index (χ2n) is 4.54. The van der Waals surface area contributed by atoms with Gasteiger partial charge in [0, 0.05) is 5.02 Å². The average molecular weight is 213 g/mol. The van der Waals surface area contributed by atoms with Crippen LogP contribution in [0.25, 0.3) is 0 Å². The van der Waals surface area contributed by atoms with Gasteiger partial charge in [-0.2, -0.15) is 0 Å². The molecule has 0 aliphatic carbocycles. The molecule has 0 aliphatic rings. The van der Waals surface area contributed by atoms with Gasteiger partial charge in [0.2, 0.25) is 0 Å². The Morgan fingerprint density at radius 3 is 2.36 bits per heavy atom. The zero-order valence-electron chi connectivity index (χ0n) is 9.23. The fourth-order valence-electron chi connectivity index (χ4n) is 1.20. The van der Waals surface area contributed by atoms with Crippen molar-refractivity contribution in [3.05, 3.63) is 34.3 Å². The molecule has 0 fully saturated rings. The van der Waals surface area contributed by atoms with Gasteiger partial charge in [0.25, 0.3) is 0 Å². The van der Waals surface area contributed by atoms with Gasteiger partial charge in [-0.3, -0.25) is 0 Å². The molecular weight excluding hydrogens is 196 g/mol. The summed E-state index contributed by atoms with van der Waals surface area (Å²) in [7, 11) is 0. The van der Waals surface area contributed by atoms with Gasteiger partial charge in [-0.05, 0) is 51.0 Å². The van der Waals surface area contributed by atoms with Crippen molar-refractivity contribution in [3.8, 4) is 0 Å². The lowest BCUT2D eigenvalue weighted by Gasteiger charge is -2.19. The van der Waals surface area contributed by atoms with Crippen molar-refractivity contribution in [1.82, 2.24) is 0 Å². The highest BCUT2D eigenvalue weighted by molar-refractivity contribution is 6.30. The summed E-state index contributed by atoms with van der Waals surface area (Å²) in [5, 5.41) is 0.775. The largest absolute Gasteiger partial charge is 0.371 e. The minimum Gasteiger partial charge on any atom is -0.371 e. The summed E-state index contributed by atoms with van der Waals surface area (Å²) < 4.78 is 5.67. The van der Waals surface area contributed by atoms with E-state index in [0.29, 0.717) is 6.61 Å². The van der Waals surface area contributed by atoms with Crippen LogP contribution in [0.1, 0.15) is 31.9 Å². The first-order chi connectivity index (χ1) is 6.37. The first kappa shape index (κ1) is 11.5. The van der Waals surface area contributed by atoms with E-state index in [1.165, 1.54) is 5.56 Å². The van der Waals surface area contributed by atoms with Crippen molar-refractivity contribution in [2.24, 2.45) is 0 Å². The van der Waals surface area contributed by atoms with E-state index in [0.717, 1.165) is 10.6 Å². The molecule has 1 rings (SSSR count). The van der Waals surface area contributed by atoms with Crippen molar-refractivity contribution in [3.63, 3.8) is 0 Å². The molecule has 0 saturated heterocycles. The molecule has 2 heteroatoms. The van der Waals surface area contributed by atoms with E-state index < -0.39 is 0 Å². The first-order valence-corrected chi connectivity index (χ1v) is 5.15. The third kappa shape index (κ3) is 4.12. The lowest BCUT2D eigenvalue weighted by atomic mass is 10.1. The molecule has 0 aliphatic heterocycles. The van der Waals surface area contributed by atoms with Gasteiger partial charge in [0.15, 0.2) is 0 Å². The summed E-state index contributed by atoms with van der Waals surface area (Å²) in [6.45, 7) is 8.79. The predicted octanol–water partition coefficient (Wildman–Crippen LogP) is 3.96. The highest BCUT2D eigenvalue weighted by atomic mass is 35.5. The quantitative estimate of drug-likeness (QED) is 0.721. The molecular formula is C12H17ClO. The summed E-state index contributed by atoms with van der Waals surface area (Å²) in [5.41, 5.74) is 2.20. The molecule has 1 aromatic rings. The van der Waals surface area contributed by atoms with Crippen LogP contribution in [0.15, 0.2) is 18.2 Å². The Kier molecular flexibility index (Phi) is 3.57. The van der Waals surface area contributed by atoms with E-state index in [1.807, 2.05) is 39.8 Å². The zero-order valence-corrected chi connectivity index (χ0v) is 9.98. The molecule has 0 heterocycles. The molecule has 0 spiro atoms. The van der Waals surface area contributed by atoms with E-state index >= 15 is 0 Å². The molecule has 0 N–H and O–H groups in total. The lowest BCUT2D eigenvalue weighted by Crippen LogP contribution is -2.18. The minimum absolute atomic E-state index is 0.101.